The van der Waals surface area contributed by atoms with E-state index in [1.54, 1.807) is 6.92 Å². The van der Waals surface area contributed by atoms with Crippen LogP contribution < -0.4 is 21.3 Å². The summed E-state index contributed by atoms with van der Waals surface area (Å²) in [6.45, 7) is 7.07. The molecule has 0 amide bonds. The highest BCUT2D eigenvalue weighted by Crippen LogP contribution is 2.43. The summed E-state index contributed by atoms with van der Waals surface area (Å²) in [5.41, 5.74) is 6.79. The van der Waals surface area contributed by atoms with Gasteiger partial charge in [-0.15, -0.1) is 0 Å². The molecule has 11 heteroatoms. The molecule has 6 nitrogen and oxygen atoms in total. The number of hydrazine groups is 1. The van der Waals surface area contributed by atoms with Crippen LogP contribution in [0.25, 0.3) is 11.3 Å². The summed E-state index contributed by atoms with van der Waals surface area (Å²) >= 11 is 0. The number of nitrogens with zero attached hydrogens (tertiary/aromatic N) is 1. The third kappa shape index (κ3) is 5.97. The fraction of sp³-hybridized carbons (Fsp3) is 0.455. The van der Waals surface area contributed by atoms with E-state index in [2.05, 4.69) is 15.8 Å². The second kappa shape index (κ2) is 10.9. The molecule has 0 saturated carbocycles. The van der Waals surface area contributed by atoms with Crippen molar-refractivity contribution in [2.75, 3.05) is 18.8 Å². The Morgan fingerprint density at radius 3 is 2.36 bits per heavy atom. The number of nitrogens with one attached hydrogen (secondary N) is 2. The minimum Gasteiger partial charge on any atom is -0.474 e. The minimum absolute atomic E-state index is 0.222. The van der Waals surface area contributed by atoms with Crippen molar-refractivity contribution < 1.29 is 31.5 Å². The summed E-state index contributed by atoms with van der Waals surface area (Å²) in [6.07, 6.45) is -3.81. The van der Waals surface area contributed by atoms with Crippen molar-refractivity contribution >= 4 is 12.0 Å². The van der Waals surface area contributed by atoms with E-state index in [0.717, 1.165) is 19.9 Å². The van der Waals surface area contributed by atoms with Gasteiger partial charge in [0.05, 0.1) is 22.9 Å². The first-order valence-electron chi connectivity index (χ1n) is 10.4. The van der Waals surface area contributed by atoms with Crippen LogP contribution in [0.4, 0.5) is 27.6 Å². The van der Waals surface area contributed by atoms with Crippen molar-refractivity contribution in [3.63, 3.8) is 0 Å². The Bertz CT molecular complexity index is 1010. The third-order valence-electron chi connectivity index (χ3n) is 5.06. The molecule has 1 aromatic carbocycles. The van der Waals surface area contributed by atoms with E-state index in [1.165, 1.54) is 6.92 Å². The molecule has 0 spiro atoms. The Labute approximate surface area is 188 Å². The highest BCUT2D eigenvalue weighted by Gasteiger charge is 2.39. The maximum atomic E-state index is 15.1. The van der Waals surface area contributed by atoms with Crippen LogP contribution in [0.2, 0.25) is 0 Å². The normalized spacial score (nSPS) is 12.6. The molecule has 33 heavy (non-hydrogen) atoms. The van der Waals surface area contributed by atoms with Gasteiger partial charge in [-0.25, -0.2) is 13.8 Å². The van der Waals surface area contributed by atoms with E-state index in [9.17, 15) is 22.4 Å². The van der Waals surface area contributed by atoms with E-state index < -0.39 is 52.0 Å². The zero-order valence-corrected chi connectivity index (χ0v) is 18.8. The highest BCUT2D eigenvalue weighted by atomic mass is 19.4. The topological polar surface area (TPSA) is 89.3 Å². The number of aldehydes is 1. The van der Waals surface area contributed by atoms with Gasteiger partial charge < -0.3 is 10.5 Å². The highest BCUT2D eigenvalue weighted by molar-refractivity contribution is 5.83. The fourth-order valence-corrected chi connectivity index (χ4v) is 3.27. The average Bonchev–Trinajstić information content (AvgIpc) is 2.73. The molecular formula is C22H27F5N4O2. The second-order valence-corrected chi connectivity index (χ2v) is 7.63. The number of benzene rings is 1. The van der Waals surface area contributed by atoms with Crippen LogP contribution in [-0.4, -0.2) is 30.5 Å². The lowest BCUT2D eigenvalue weighted by molar-refractivity contribution is -0.137. The number of alkyl halides is 3. The molecule has 1 heterocycles. The van der Waals surface area contributed by atoms with Crippen molar-refractivity contribution in [3.8, 4) is 17.1 Å². The van der Waals surface area contributed by atoms with E-state index in [0.29, 0.717) is 25.3 Å². The molecule has 0 bridgehead atoms. The van der Waals surface area contributed by atoms with Crippen molar-refractivity contribution in [1.29, 1.82) is 0 Å². The van der Waals surface area contributed by atoms with E-state index in [1.807, 2.05) is 6.92 Å². The first kappa shape index (κ1) is 26.5. The zero-order valence-electron chi connectivity index (χ0n) is 18.8. The molecular weight excluding hydrogens is 447 g/mol. The lowest BCUT2D eigenvalue weighted by atomic mass is 9.95. The average molecular weight is 474 g/mol. The van der Waals surface area contributed by atoms with Gasteiger partial charge in [-0.3, -0.25) is 15.6 Å². The Hall–Kier alpha value is -2.79. The van der Waals surface area contributed by atoms with Crippen molar-refractivity contribution in [1.82, 2.24) is 15.8 Å². The number of rotatable bonds is 10. The maximum absolute atomic E-state index is 15.1. The molecule has 0 aliphatic carbocycles. The molecule has 0 saturated heterocycles. The molecule has 4 N–H and O–H groups in total. The summed E-state index contributed by atoms with van der Waals surface area (Å²) in [4.78, 5) is 15.5. The lowest BCUT2D eigenvalue weighted by Gasteiger charge is -2.21. The molecule has 0 aliphatic heterocycles. The number of nitrogens with two attached hydrogens (primary N) is 1. The molecule has 0 aliphatic rings. The van der Waals surface area contributed by atoms with Gasteiger partial charge in [-0.05, 0) is 45.2 Å². The number of carbonyl (C=O) groups excluding carboxylic acids is 1. The summed E-state index contributed by atoms with van der Waals surface area (Å²) in [5, 5.41) is 0. The monoisotopic (exact) mass is 474 g/mol. The molecule has 1 aromatic heterocycles. The number of nitrogen functional groups attached to an aromatic ring is 1. The van der Waals surface area contributed by atoms with Gasteiger partial charge in [0.1, 0.15) is 11.5 Å². The standard InChI is InChI=1S/C22H27F5N4O2/c1-5-7-29-30-8-6-11(2)33-21-15(10-32)12(3)19(24)20(31-21)14-9-16(28)18(23)13(4)17(14)22(25,26)27/h9-11,29-30H,5-8,28H2,1-4H3. The number of anilines is 1. The van der Waals surface area contributed by atoms with Crippen LogP contribution in [-0.2, 0) is 6.18 Å². The van der Waals surface area contributed by atoms with Gasteiger partial charge in [0.25, 0.3) is 0 Å². The van der Waals surface area contributed by atoms with Gasteiger partial charge in [0.2, 0.25) is 5.88 Å². The van der Waals surface area contributed by atoms with Crippen LogP contribution in [0.15, 0.2) is 6.07 Å². The molecule has 2 rings (SSSR count). The number of carbonyl (C=O) groups is 1. The fourth-order valence-electron chi connectivity index (χ4n) is 3.27. The van der Waals surface area contributed by atoms with E-state index in [4.69, 9.17) is 10.5 Å². The smallest absolute Gasteiger partial charge is 0.417 e. The molecule has 1 unspecified atom stereocenters. The zero-order chi connectivity index (χ0) is 24.9. The van der Waals surface area contributed by atoms with E-state index in [-0.39, 0.29) is 17.0 Å². The van der Waals surface area contributed by atoms with Gasteiger partial charge in [-0.2, -0.15) is 13.2 Å². The maximum Gasteiger partial charge on any atom is 0.417 e. The number of hydrogen-bond acceptors (Lipinski definition) is 6. The number of halogens is 5. The molecule has 0 fully saturated rings. The largest absolute Gasteiger partial charge is 0.474 e. The lowest BCUT2D eigenvalue weighted by Crippen LogP contribution is -2.35. The third-order valence-corrected chi connectivity index (χ3v) is 5.06. The Balaban J connectivity index is 2.55. The van der Waals surface area contributed by atoms with Crippen LogP contribution in [0, 0.1) is 25.5 Å². The Morgan fingerprint density at radius 2 is 1.79 bits per heavy atom. The second-order valence-electron chi connectivity index (χ2n) is 7.63. The quantitative estimate of drug-likeness (QED) is 0.152. The van der Waals surface area contributed by atoms with Crippen molar-refractivity contribution in [2.45, 2.75) is 52.8 Å². The van der Waals surface area contributed by atoms with Gasteiger partial charge in [0.15, 0.2) is 12.1 Å². The van der Waals surface area contributed by atoms with Gasteiger partial charge in [-0.1, -0.05) is 6.92 Å². The number of pyridine rings is 1. The van der Waals surface area contributed by atoms with E-state index >= 15 is 4.39 Å². The van der Waals surface area contributed by atoms with Crippen LogP contribution >= 0.6 is 0 Å². The minimum atomic E-state index is -5.01. The van der Waals surface area contributed by atoms with Crippen LogP contribution in [0.3, 0.4) is 0 Å². The molecule has 1 atom stereocenters. The first-order chi connectivity index (χ1) is 15.4. The first-order valence-corrected chi connectivity index (χ1v) is 10.4. The van der Waals surface area contributed by atoms with Crippen LogP contribution in [0.1, 0.15) is 53.7 Å². The SMILES string of the molecule is CCCNNCCC(C)Oc1nc(-c2cc(N)c(F)c(C)c2C(F)(F)F)c(F)c(C)c1C=O. The van der Waals surface area contributed by atoms with Crippen molar-refractivity contribution in [2.24, 2.45) is 0 Å². The number of hydrogen-bond donors (Lipinski definition) is 3. The van der Waals surface area contributed by atoms with Crippen molar-refractivity contribution in [3.05, 3.63) is 40.0 Å². The predicted octanol–water partition coefficient (Wildman–Crippen LogP) is 4.72. The Morgan fingerprint density at radius 1 is 1.15 bits per heavy atom. The number of ether oxygens (including phenoxy) is 1. The van der Waals surface area contributed by atoms with Crippen LogP contribution in [0.5, 0.6) is 5.88 Å². The molecule has 2 aromatic rings. The summed E-state index contributed by atoms with van der Waals surface area (Å²) in [7, 11) is 0. The van der Waals surface area contributed by atoms with Gasteiger partial charge >= 0.3 is 6.18 Å². The summed E-state index contributed by atoms with van der Waals surface area (Å²) < 4.78 is 76.2. The number of aromatic nitrogens is 1. The summed E-state index contributed by atoms with van der Waals surface area (Å²) in [5.74, 6) is -2.72. The Kier molecular flexibility index (Phi) is 8.73. The molecule has 182 valence electrons. The predicted molar refractivity (Wildman–Crippen MR) is 115 cm³/mol. The summed E-state index contributed by atoms with van der Waals surface area (Å²) in [6, 6.07) is 0.688. The van der Waals surface area contributed by atoms with Gasteiger partial charge in [0, 0.05) is 24.2 Å². The molecule has 0 radical (unpaired) electrons.